The molecule has 0 bridgehead atoms. The average Bonchev–Trinajstić information content (AvgIpc) is 2.59. The predicted octanol–water partition coefficient (Wildman–Crippen LogP) is 3.40. The van der Waals surface area contributed by atoms with E-state index < -0.39 is 10.8 Å². The van der Waals surface area contributed by atoms with Gasteiger partial charge in [0.15, 0.2) is 0 Å². The maximum atomic E-state index is 11.9. The number of hydrogen-bond acceptors (Lipinski definition) is 5. The zero-order valence-electron chi connectivity index (χ0n) is 13.2. The van der Waals surface area contributed by atoms with Gasteiger partial charge in [0.25, 0.3) is 5.69 Å². The van der Waals surface area contributed by atoms with Gasteiger partial charge in [0.1, 0.15) is 11.5 Å². The number of hydrogen-bond donors (Lipinski definition) is 2. The van der Waals surface area contributed by atoms with Crippen LogP contribution in [0.4, 0.5) is 5.69 Å². The summed E-state index contributed by atoms with van der Waals surface area (Å²) in [5.41, 5.74) is 0.817. The molecule has 8 heteroatoms. The highest BCUT2D eigenvalue weighted by Crippen LogP contribution is 2.24. The van der Waals surface area contributed by atoms with Gasteiger partial charge in [-0.2, -0.15) is 0 Å². The molecule has 2 rings (SSSR count). The number of phenols is 1. The minimum Gasteiger partial charge on any atom is -0.508 e. The fourth-order valence-electron chi connectivity index (χ4n) is 2.07. The number of nitrogens with one attached hydrogen (secondary N) is 1. The summed E-state index contributed by atoms with van der Waals surface area (Å²) in [5, 5.41) is 23.0. The molecule has 0 radical (unpaired) electrons. The van der Waals surface area contributed by atoms with Crippen molar-refractivity contribution in [3.63, 3.8) is 0 Å². The van der Waals surface area contributed by atoms with Crippen LogP contribution in [0, 0.1) is 10.1 Å². The van der Waals surface area contributed by atoms with E-state index in [1.165, 1.54) is 31.4 Å². The average molecular weight is 407 g/mol. The Bertz CT molecular complexity index is 836. The fourth-order valence-corrected chi connectivity index (χ4v) is 2.45. The Balaban J connectivity index is 2.05. The lowest BCUT2D eigenvalue weighted by Gasteiger charge is -2.06. The Morgan fingerprint density at radius 1 is 1.36 bits per heavy atom. The van der Waals surface area contributed by atoms with Gasteiger partial charge in [0.05, 0.1) is 12.0 Å². The van der Waals surface area contributed by atoms with E-state index in [0.717, 1.165) is 4.47 Å². The second kappa shape index (κ2) is 8.29. The molecule has 0 aromatic heterocycles. The molecule has 0 aliphatic carbocycles. The van der Waals surface area contributed by atoms with Gasteiger partial charge in [-0.15, -0.1) is 0 Å². The third-order valence-corrected chi connectivity index (χ3v) is 3.83. The van der Waals surface area contributed by atoms with Crippen LogP contribution in [0.15, 0.2) is 46.9 Å². The molecule has 2 N–H and O–H groups in total. The monoisotopic (exact) mass is 406 g/mol. The van der Waals surface area contributed by atoms with Gasteiger partial charge in [-0.25, -0.2) is 0 Å². The van der Waals surface area contributed by atoms with Gasteiger partial charge in [-0.05, 0) is 30.3 Å². The Morgan fingerprint density at radius 2 is 2.12 bits per heavy atom. The van der Waals surface area contributed by atoms with Crippen LogP contribution in [-0.4, -0.2) is 23.0 Å². The molecule has 0 fully saturated rings. The molecule has 2 aromatic rings. The second-order valence-corrected chi connectivity index (χ2v) is 5.92. The number of phenolic OH excluding ortho intramolecular Hbond substituents is 1. The van der Waals surface area contributed by atoms with Crippen LogP contribution in [0.25, 0.3) is 6.08 Å². The van der Waals surface area contributed by atoms with Crippen molar-refractivity contribution >= 4 is 33.6 Å². The van der Waals surface area contributed by atoms with E-state index in [9.17, 15) is 20.0 Å². The number of aromatic hydroxyl groups is 1. The van der Waals surface area contributed by atoms with Crippen molar-refractivity contribution < 1.29 is 19.6 Å². The Hall–Kier alpha value is -2.87. The van der Waals surface area contributed by atoms with Crippen molar-refractivity contribution in [3.05, 3.63) is 68.2 Å². The van der Waals surface area contributed by atoms with Gasteiger partial charge in [-0.3, -0.25) is 14.9 Å². The second-order valence-electron chi connectivity index (χ2n) is 5.01. The maximum Gasteiger partial charge on any atom is 0.270 e. The van der Waals surface area contributed by atoms with Crippen LogP contribution in [0.5, 0.6) is 11.5 Å². The summed E-state index contributed by atoms with van der Waals surface area (Å²) in [6, 6.07) is 9.03. The molecular weight excluding hydrogens is 392 g/mol. The van der Waals surface area contributed by atoms with E-state index >= 15 is 0 Å². The molecule has 7 nitrogen and oxygen atoms in total. The number of halogens is 1. The van der Waals surface area contributed by atoms with Crippen molar-refractivity contribution in [1.82, 2.24) is 5.32 Å². The SMILES string of the molecule is COc1ccc(Br)cc1/C=C/C(=O)NCc1cc([N+](=O)[O-])ccc1O. The lowest BCUT2D eigenvalue weighted by molar-refractivity contribution is -0.384. The molecule has 0 aliphatic rings. The van der Waals surface area contributed by atoms with Crippen molar-refractivity contribution in [1.29, 1.82) is 0 Å². The summed E-state index contributed by atoms with van der Waals surface area (Å²) in [6.07, 6.45) is 2.91. The molecule has 0 spiro atoms. The van der Waals surface area contributed by atoms with E-state index in [4.69, 9.17) is 4.74 Å². The molecule has 25 heavy (non-hydrogen) atoms. The van der Waals surface area contributed by atoms with Crippen LogP contribution in [0.1, 0.15) is 11.1 Å². The summed E-state index contributed by atoms with van der Waals surface area (Å²) in [6.45, 7) is -0.0354. The minimum atomic E-state index is -0.565. The molecular formula is C17H15BrN2O5. The van der Waals surface area contributed by atoms with E-state index in [-0.39, 0.29) is 23.5 Å². The Labute approximate surface area is 152 Å². The van der Waals surface area contributed by atoms with E-state index in [2.05, 4.69) is 21.2 Å². The summed E-state index contributed by atoms with van der Waals surface area (Å²) < 4.78 is 6.06. The third-order valence-electron chi connectivity index (χ3n) is 3.33. The fraction of sp³-hybridized carbons (Fsp3) is 0.118. The normalized spacial score (nSPS) is 10.6. The van der Waals surface area contributed by atoms with Crippen molar-refractivity contribution in [3.8, 4) is 11.5 Å². The molecule has 0 unspecified atom stereocenters. The molecule has 130 valence electrons. The summed E-state index contributed by atoms with van der Waals surface area (Å²) in [4.78, 5) is 22.1. The van der Waals surface area contributed by atoms with Gasteiger partial charge in [-0.1, -0.05) is 15.9 Å². The maximum absolute atomic E-state index is 11.9. The summed E-state index contributed by atoms with van der Waals surface area (Å²) >= 11 is 3.35. The summed E-state index contributed by atoms with van der Waals surface area (Å²) in [5.74, 6) is 0.0834. The molecule has 0 atom stereocenters. The quantitative estimate of drug-likeness (QED) is 0.434. The Kier molecular flexibility index (Phi) is 6.13. The topological polar surface area (TPSA) is 102 Å². The van der Waals surface area contributed by atoms with Crippen LogP contribution in [-0.2, 0) is 11.3 Å². The lowest BCUT2D eigenvalue weighted by Crippen LogP contribution is -2.20. The van der Waals surface area contributed by atoms with E-state index in [1.54, 1.807) is 18.2 Å². The van der Waals surface area contributed by atoms with Crippen LogP contribution < -0.4 is 10.1 Å². The number of non-ortho nitro benzene ring substituents is 1. The van der Waals surface area contributed by atoms with E-state index in [1.807, 2.05) is 6.07 Å². The van der Waals surface area contributed by atoms with Crippen LogP contribution >= 0.6 is 15.9 Å². The van der Waals surface area contributed by atoms with Gasteiger partial charge in [0, 0.05) is 40.4 Å². The number of rotatable bonds is 6. The molecule has 0 heterocycles. The van der Waals surface area contributed by atoms with Crippen molar-refractivity contribution in [2.24, 2.45) is 0 Å². The van der Waals surface area contributed by atoms with Gasteiger partial charge in [0.2, 0.25) is 5.91 Å². The highest BCUT2D eigenvalue weighted by atomic mass is 79.9. The van der Waals surface area contributed by atoms with Crippen LogP contribution in [0.2, 0.25) is 0 Å². The zero-order valence-corrected chi connectivity index (χ0v) is 14.8. The largest absolute Gasteiger partial charge is 0.508 e. The number of methoxy groups -OCH3 is 1. The molecule has 0 saturated carbocycles. The first kappa shape index (κ1) is 18.5. The van der Waals surface area contributed by atoms with E-state index in [0.29, 0.717) is 11.3 Å². The third kappa shape index (κ3) is 5.05. The molecule has 1 amide bonds. The number of carbonyl (C=O) groups is 1. The highest BCUT2D eigenvalue weighted by Gasteiger charge is 2.10. The zero-order chi connectivity index (χ0) is 18.4. The van der Waals surface area contributed by atoms with Crippen molar-refractivity contribution in [2.45, 2.75) is 6.54 Å². The summed E-state index contributed by atoms with van der Waals surface area (Å²) in [7, 11) is 1.53. The predicted molar refractivity (Wildman–Crippen MR) is 96.3 cm³/mol. The first-order valence-corrected chi connectivity index (χ1v) is 7.95. The smallest absolute Gasteiger partial charge is 0.270 e. The lowest BCUT2D eigenvalue weighted by atomic mass is 10.1. The Morgan fingerprint density at radius 3 is 2.80 bits per heavy atom. The number of nitrogens with zero attached hydrogens (tertiary/aromatic N) is 1. The first-order valence-electron chi connectivity index (χ1n) is 7.16. The first-order chi connectivity index (χ1) is 11.9. The number of ether oxygens (including phenoxy) is 1. The standard InChI is InChI=1S/C17H15BrN2O5/c1-25-16-6-3-13(18)8-11(16)2-7-17(22)19-10-12-9-14(20(23)24)4-5-15(12)21/h2-9,21H,10H2,1H3,(H,19,22)/b7-2+. The number of carbonyl (C=O) groups excluding carboxylic acids is 1. The van der Waals surface area contributed by atoms with Crippen molar-refractivity contribution in [2.75, 3.05) is 7.11 Å². The molecule has 2 aromatic carbocycles. The molecule has 0 aliphatic heterocycles. The number of benzene rings is 2. The minimum absolute atomic E-state index is 0.0354. The molecule has 0 saturated heterocycles. The number of nitro groups is 1. The van der Waals surface area contributed by atoms with Crippen LogP contribution in [0.3, 0.4) is 0 Å². The van der Waals surface area contributed by atoms with Gasteiger partial charge >= 0.3 is 0 Å². The number of amides is 1. The number of nitro benzene ring substituents is 1. The highest BCUT2D eigenvalue weighted by molar-refractivity contribution is 9.10. The van der Waals surface area contributed by atoms with Gasteiger partial charge < -0.3 is 15.2 Å².